The Bertz CT molecular complexity index is 1270. The lowest BCUT2D eigenvalue weighted by Gasteiger charge is -2.22. The van der Waals surface area contributed by atoms with Crippen LogP contribution in [-0.4, -0.2) is 65.6 Å². The second kappa shape index (κ2) is 12.1. The van der Waals surface area contributed by atoms with E-state index in [1.54, 1.807) is 19.2 Å². The second-order valence-electron chi connectivity index (χ2n) is 10.3. The molecule has 1 aromatic heterocycles. The molecule has 0 bridgehead atoms. The number of benzene rings is 2. The van der Waals surface area contributed by atoms with Crippen LogP contribution in [0.25, 0.3) is 0 Å². The minimum atomic E-state index is -0.484. The number of aromatic nitrogens is 3. The van der Waals surface area contributed by atoms with Gasteiger partial charge in [-0.05, 0) is 43.0 Å². The average Bonchev–Trinajstić information content (AvgIpc) is 3.31. The largest absolute Gasteiger partial charge is 0.496 e. The molecule has 2 heterocycles. The van der Waals surface area contributed by atoms with Crippen LogP contribution in [0, 0.1) is 12.8 Å². The Morgan fingerprint density at radius 1 is 1.18 bits per heavy atom. The average molecular weight is 519 g/mol. The third-order valence-electron chi connectivity index (χ3n) is 6.56. The lowest BCUT2D eigenvalue weighted by atomic mass is 10.1. The van der Waals surface area contributed by atoms with E-state index in [1.807, 2.05) is 43.1 Å². The summed E-state index contributed by atoms with van der Waals surface area (Å²) >= 11 is 0. The third-order valence-corrected chi connectivity index (χ3v) is 6.56. The van der Waals surface area contributed by atoms with Crippen LogP contribution in [0.4, 0.5) is 23.5 Å². The van der Waals surface area contributed by atoms with Crippen molar-refractivity contribution in [2.24, 2.45) is 11.7 Å². The van der Waals surface area contributed by atoms with Crippen LogP contribution in [0.5, 0.6) is 5.75 Å². The molecule has 0 unspecified atom stereocenters. The van der Waals surface area contributed by atoms with E-state index >= 15 is 0 Å². The lowest BCUT2D eigenvalue weighted by Crippen LogP contribution is -2.28. The van der Waals surface area contributed by atoms with Crippen molar-refractivity contribution in [2.45, 2.75) is 39.8 Å². The minimum absolute atomic E-state index is 0.197. The Balaban J connectivity index is 1.53. The summed E-state index contributed by atoms with van der Waals surface area (Å²) in [5.41, 5.74) is 8.76. The molecule has 202 valence electrons. The monoisotopic (exact) mass is 518 g/mol. The number of nitrogens with two attached hydrogens (primary N) is 1. The van der Waals surface area contributed by atoms with Crippen molar-refractivity contribution in [3.05, 3.63) is 59.2 Å². The molecule has 0 spiro atoms. The summed E-state index contributed by atoms with van der Waals surface area (Å²) in [6.07, 6.45) is 0.973. The first-order valence-corrected chi connectivity index (χ1v) is 13.0. The van der Waals surface area contributed by atoms with Gasteiger partial charge in [-0.25, -0.2) is 0 Å². The van der Waals surface area contributed by atoms with E-state index in [0.29, 0.717) is 29.3 Å². The van der Waals surface area contributed by atoms with Gasteiger partial charge >= 0.3 is 0 Å². The molecule has 4 rings (SSSR count). The van der Waals surface area contributed by atoms with Gasteiger partial charge in [-0.3, -0.25) is 9.69 Å². The van der Waals surface area contributed by atoms with Crippen molar-refractivity contribution in [1.82, 2.24) is 19.9 Å². The number of hydrogen-bond acceptors (Lipinski definition) is 9. The number of methoxy groups -OCH3 is 1. The van der Waals surface area contributed by atoms with Crippen LogP contribution < -0.4 is 26.0 Å². The Morgan fingerprint density at radius 3 is 2.68 bits per heavy atom. The van der Waals surface area contributed by atoms with Gasteiger partial charge in [0, 0.05) is 56.1 Å². The van der Waals surface area contributed by atoms with Crippen LogP contribution in [0.3, 0.4) is 0 Å². The van der Waals surface area contributed by atoms with Gasteiger partial charge < -0.3 is 26.0 Å². The van der Waals surface area contributed by atoms with Crippen molar-refractivity contribution in [1.29, 1.82) is 0 Å². The van der Waals surface area contributed by atoms with Crippen LogP contribution >= 0.6 is 0 Å². The standard InChI is InChI=1S/C28H38N8O2/c1-18(2)15-35(4)28-33-26(32-27(34-28)31-23-14-20(25(29)37)11-10-19(23)3)30-22-12-13-36(17-22)16-21-8-6-7-9-24(21)38-5/h6-11,14,18,22H,12-13,15-17H2,1-5H3,(H2,29,37)(H2,30,31,32,33,34)/t22-/m0/s1. The number of ether oxygens (including phenoxy) is 1. The maximum absolute atomic E-state index is 11.7. The van der Waals surface area contributed by atoms with Gasteiger partial charge in [0.15, 0.2) is 0 Å². The van der Waals surface area contributed by atoms with Crippen molar-refractivity contribution in [2.75, 3.05) is 49.3 Å². The van der Waals surface area contributed by atoms with E-state index in [0.717, 1.165) is 49.6 Å². The fraction of sp³-hybridized carbons (Fsp3) is 0.429. The normalized spacial score (nSPS) is 15.5. The smallest absolute Gasteiger partial charge is 0.248 e. The summed E-state index contributed by atoms with van der Waals surface area (Å²) < 4.78 is 5.53. The minimum Gasteiger partial charge on any atom is -0.496 e. The Kier molecular flexibility index (Phi) is 8.62. The lowest BCUT2D eigenvalue weighted by molar-refractivity contribution is 0.100. The highest BCUT2D eigenvalue weighted by atomic mass is 16.5. The Morgan fingerprint density at radius 2 is 1.95 bits per heavy atom. The van der Waals surface area contributed by atoms with Gasteiger partial charge in [-0.2, -0.15) is 15.0 Å². The molecule has 0 saturated carbocycles. The van der Waals surface area contributed by atoms with E-state index in [2.05, 4.69) is 45.4 Å². The van der Waals surface area contributed by atoms with Crippen LogP contribution in [-0.2, 0) is 6.54 Å². The first kappa shape index (κ1) is 27.1. The molecule has 1 aliphatic rings. The van der Waals surface area contributed by atoms with Crippen molar-refractivity contribution in [3.8, 4) is 5.75 Å². The number of anilines is 4. The SMILES string of the molecule is COc1ccccc1CN1CC[C@H](Nc2nc(Nc3cc(C(N)=O)ccc3C)nc(N(C)CC(C)C)n2)C1. The van der Waals surface area contributed by atoms with E-state index in [4.69, 9.17) is 15.5 Å². The molecule has 3 aromatic rings. The maximum atomic E-state index is 11.7. The molecule has 1 fully saturated rings. The summed E-state index contributed by atoms with van der Waals surface area (Å²) in [5.74, 6) is 2.36. The molecule has 1 amide bonds. The van der Waals surface area contributed by atoms with Gasteiger partial charge in [0.2, 0.25) is 23.8 Å². The van der Waals surface area contributed by atoms with E-state index in [-0.39, 0.29) is 6.04 Å². The van der Waals surface area contributed by atoms with E-state index < -0.39 is 5.91 Å². The van der Waals surface area contributed by atoms with Gasteiger partial charge in [0.05, 0.1) is 7.11 Å². The van der Waals surface area contributed by atoms with Crippen LogP contribution in [0.2, 0.25) is 0 Å². The molecule has 10 heteroatoms. The molecule has 2 aromatic carbocycles. The quantitative estimate of drug-likeness (QED) is 0.348. The molecule has 0 aliphatic carbocycles. The molecule has 1 atom stereocenters. The first-order chi connectivity index (χ1) is 18.2. The maximum Gasteiger partial charge on any atom is 0.248 e. The number of carbonyl (C=O) groups excluding carboxylic acids is 1. The van der Waals surface area contributed by atoms with Gasteiger partial charge in [0.25, 0.3) is 0 Å². The number of carbonyl (C=O) groups is 1. The molecule has 38 heavy (non-hydrogen) atoms. The fourth-order valence-corrected chi connectivity index (χ4v) is 4.67. The molecule has 10 nitrogen and oxygen atoms in total. The highest BCUT2D eigenvalue weighted by Crippen LogP contribution is 2.25. The number of likely N-dealkylation sites (tertiary alicyclic amines) is 1. The molecule has 1 aliphatic heterocycles. The molecule has 0 radical (unpaired) electrons. The number of amides is 1. The molecular formula is C28H38N8O2. The summed E-state index contributed by atoms with van der Waals surface area (Å²) in [7, 11) is 3.69. The predicted molar refractivity (Wildman–Crippen MR) is 151 cm³/mol. The Hall–Kier alpha value is -3.92. The van der Waals surface area contributed by atoms with Crippen LogP contribution in [0.1, 0.15) is 41.8 Å². The number of nitrogens with zero attached hydrogens (tertiary/aromatic N) is 5. The second-order valence-corrected chi connectivity index (χ2v) is 10.3. The number of hydrogen-bond donors (Lipinski definition) is 3. The summed E-state index contributed by atoms with van der Waals surface area (Å²) in [5, 5.41) is 6.80. The zero-order chi connectivity index (χ0) is 27.2. The predicted octanol–water partition coefficient (Wildman–Crippen LogP) is 3.81. The number of rotatable bonds is 11. The number of para-hydroxylation sites is 1. The van der Waals surface area contributed by atoms with Gasteiger partial charge in [-0.1, -0.05) is 38.1 Å². The van der Waals surface area contributed by atoms with Crippen LogP contribution in [0.15, 0.2) is 42.5 Å². The van der Waals surface area contributed by atoms with Gasteiger partial charge in [0.1, 0.15) is 5.75 Å². The summed E-state index contributed by atoms with van der Waals surface area (Å²) in [4.78, 5) is 30.2. The highest BCUT2D eigenvalue weighted by Gasteiger charge is 2.25. The number of aryl methyl sites for hydroxylation is 1. The molecular weight excluding hydrogens is 480 g/mol. The third kappa shape index (κ3) is 6.89. The Labute approximate surface area is 224 Å². The number of nitrogens with one attached hydrogen (secondary N) is 2. The molecule has 1 saturated heterocycles. The summed E-state index contributed by atoms with van der Waals surface area (Å²) in [6.45, 7) is 9.72. The summed E-state index contributed by atoms with van der Waals surface area (Å²) in [6, 6.07) is 13.6. The van der Waals surface area contributed by atoms with Gasteiger partial charge in [-0.15, -0.1) is 0 Å². The van der Waals surface area contributed by atoms with Crippen molar-refractivity contribution >= 4 is 29.4 Å². The number of primary amides is 1. The fourth-order valence-electron chi connectivity index (χ4n) is 4.67. The zero-order valence-corrected chi connectivity index (χ0v) is 22.9. The van der Waals surface area contributed by atoms with Crippen molar-refractivity contribution in [3.63, 3.8) is 0 Å². The topological polar surface area (TPSA) is 122 Å². The zero-order valence-electron chi connectivity index (χ0n) is 22.9. The first-order valence-electron chi connectivity index (χ1n) is 13.0. The highest BCUT2D eigenvalue weighted by molar-refractivity contribution is 5.94. The molecule has 4 N–H and O–H groups in total. The van der Waals surface area contributed by atoms with Crippen molar-refractivity contribution < 1.29 is 9.53 Å². The van der Waals surface area contributed by atoms with E-state index in [1.165, 1.54) is 5.56 Å². The van der Waals surface area contributed by atoms with E-state index in [9.17, 15) is 4.79 Å².